The number of hydrogen-bond donors (Lipinski definition) is 1. The molecule has 1 N–H and O–H groups in total. The fraction of sp³-hybridized carbons (Fsp3) is 0.375. The van der Waals surface area contributed by atoms with Crippen LogP contribution in [0.1, 0.15) is 50.9 Å². The van der Waals surface area contributed by atoms with Gasteiger partial charge in [-0.25, -0.2) is 4.68 Å². The lowest BCUT2D eigenvalue weighted by atomic mass is 9.92. The van der Waals surface area contributed by atoms with Gasteiger partial charge in [0, 0.05) is 23.0 Å². The van der Waals surface area contributed by atoms with Crippen LogP contribution in [0.5, 0.6) is 0 Å². The maximum atomic E-state index is 13.0. The largest absolute Gasteiger partial charge is 0.459 e. The molecular weight excluding hydrogens is 428 g/mol. The van der Waals surface area contributed by atoms with E-state index in [1.165, 1.54) is 11.2 Å². The van der Waals surface area contributed by atoms with Crippen molar-refractivity contribution in [3.63, 3.8) is 0 Å². The zero-order valence-electron chi connectivity index (χ0n) is 19.1. The summed E-state index contributed by atoms with van der Waals surface area (Å²) in [5.74, 6) is 0.284. The van der Waals surface area contributed by atoms with Crippen molar-refractivity contribution in [3.8, 4) is 5.69 Å². The molecule has 0 saturated carbocycles. The third kappa shape index (κ3) is 5.79. The number of furan rings is 1. The molecule has 0 aliphatic carbocycles. The Morgan fingerprint density at radius 3 is 2.44 bits per heavy atom. The number of carbonyl (C=O) groups excluding carboxylic acids is 2. The van der Waals surface area contributed by atoms with Gasteiger partial charge in [-0.3, -0.25) is 9.59 Å². The van der Waals surface area contributed by atoms with Crippen molar-refractivity contribution in [2.45, 2.75) is 40.0 Å². The molecule has 0 spiro atoms. The molecule has 0 radical (unpaired) electrons. The van der Waals surface area contributed by atoms with Crippen LogP contribution < -0.4 is 5.32 Å². The second-order valence-corrected chi connectivity index (χ2v) is 9.59. The molecule has 170 valence electrons. The predicted octanol–water partition coefficient (Wildman–Crippen LogP) is 5.15. The molecule has 0 bridgehead atoms. The van der Waals surface area contributed by atoms with Crippen LogP contribution in [-0.4, -0.2) is 39.6 Å². The number of rotatable bonds is 7. The van der Waals surface area contributed by atoms with Gasteiger partial charge in [0.05, 0.1) is 17.6 Å². The van der Waals surface area contributed by atoms with E-state index in [1.54, 1.807) is 28.9 Å². The van der Waals surface area contributed by atoms with E-state index in [2.05, 4.69) is 26.1 Å². The van der Waals surface area contributed by atoms with Crippen molar-refractivity contribution < 1.29 is 14.0 Å². The summed E-state index contributed by atoms with van der Waals surface area (Å²) in [6.45, 7) is 10.5. The molecule has 32 heavy (non-hydrogen) atoms. The first-order valence-corrected chi connectivity index (χ1v) is 10.9. The predicted molar refractivity (Wildman–Crippen MR) is 125 cm³/mol. The summed E-state index contributed by atoms with van der Waals surface area (Å²) in [4.78, 5) is 27.3. The molecule has 0 saturated heterocycles. The van der Waals surface area contributed by atoms with Gasteiger partial charge < -0.3 is 14.6 Å². The second-order valence-electron chi connectivity index (χ2n) is 9.16. The topological polar surface area (TPSA) is 80.4 Å². The van der Waals surface area contributed by atoms with Crippen LogP contribution in [-0.2, 0) is 10.2 Å². The van der Waals surface area contributed by atoms with Crippen LogP contribution in [0.15, 0.2) is 53.1 Å². The van der Waals surface area contributed by atoms with Crippen molar-refractivity contribution in [2.24, 2.45) is 5.92 Å². The van der Waals surface area contributed by atoms with Crippen molar-refractivity contribution >= 4 is 29.2 Å². The Balaban J connectivity index is 1.85. The highest BCUT2D eigenvalue weighted by Crippen LogP contribution is 2.27. The molecule has 0 aliphatic heterocycles. The van der Waals surface area contributed by atoms with Gasteiger partial charge in [0.2, 0.25) is 5.91 Å². The average Bonchev–Trinajstić information content (AvgIpc) is 3.37. The van der Waals surface area contributed by atoms with Crippen LogP contribution in [0.25, 0.3) is 5.69 Å². The lowest BCUT2D eigenvalue weighted by Gasteiger charge is -2.23. The number of amides is 2. The minimum atomic E-state index is -0.319. The highest BCUT2D eigenvalue weighted by molar-refractivity contribution is 6.30. The zero-order valence-corrected chi connectivity index (χ0v) is 19.8. The highest BCUT2D eigenvalue weighted by Gasteiger charge is 2.24. The van der Waals surface area contributed by atoms with Crippen LogP contribution in [0.2, 0.25) is 5.02 Å². The molecule has 7 nitrogen and oxygen atoms in total. The minimum absolute atomic E-state index is 0.103. The normalized spacial score (nSPS) is 11.6. The smallest absolute Gasteiger partial charge is 0.290 e. The van der Waals surface area contributed by atoms with Crippen LogP contribution in [0.3, 0.4) is 0 Å². The molecule has 0 unspecified atom stereocenters. The Hall–Kier alpha value is -3.06. The monoisotopic (exact) mass is 456 g/mol. The Morgan fingerprint density at radius 1 is 1.19 bits per heavy atom. The summed E-state index contributed by atoms with van der Waals surface area (Å²) in [6, 6.07) is 12.3. The van der Waals surface area contributed by atoms with E-state index < -0.39 is 0 Å². The van der Waals surface area contributed by atoms with Gasteiger partial charge in [0.1, 0.15) is 12.4 Å². The Labute approximate surface area is 193 Å². The number of carbonyl (C=O) groups is 2. The summed E-state index contributed by atoms with van der Waals surface area (Å²) >= 11 is 6.03. The van der Waals surface area contributed by atoms with E-state index in [9.17, 15) is 9.59 Å². The van der Waals surface area contributed by atoms with E-state index in [0.717, 1.165) is 11.4 Å². The molecule has 2 heterocycles. The fourth-order valence-corrected chi connectivity index (χ4v) is 3.31. The van der Waals surface area contributed by atoms with Gasteiger partial charge in [-0.15, -0.1) is 0 Å². The van der Waals surface area contributed by atoms with Gasteiger partial charge in [-0.2, -0.15) is 5.10 Å². The summed E-state index contributed by atoms with van der Waals surface area (Å²) in [7, 11) is 0. The lowest BCUT2D eigenvalue weighted by Crippen LogP contribution is -2.40. The van der Waals surface area contributed by atoms with Gasteiger partial charge in [0.25, 0.3) is 5.91 Å². The number of nitrogens with one attached hydrogen (secondary N) is 1. The number of aromatic nitrogens is 2. The maximum Gasteiger partial charge on any atom is 0.290 e. The molecule has 8 heteroatoms. The standard InChI is InChI=1S/C24H29ClN4O3/c1-16(2)14-28(23(31)19-7-6-12-32-19)15-22(30)26-21-13-20(24(3,4)5)27-29(21)18-10-8-17(25)9-11-18/h6-13,16H,14-15H2,1-5H3,(H,26,30). The zero-order chi connectivity index (χ0) is 23.5. The maximum absolute atomic E-state index is 13.0. The number of hydrogen-bond acceptors (Lipinski definition) is 4. The quantitative estimate of drug-likeness (QED) is 0.533. The van der Waals surface area contributed by atoms with E-state index in [4.69, 9.17) is 21.1 Å². The van der Waals surface area contributed by atoms with E-state index >= 15 is 0 Å². The molecule has 2 aromatic heterocycles. The van der Waals surface area contributed by atoms with Gasteiger partial charge in [-0.05, 0) is 42.3 Å². The fourth-order valence-electron chi connectivity index (χ4n) is 3.19. The van der Waals surface area contributed by atoms with Crippen molar-refractivity contribution in [1.82, 2.24) is 14.7 Å². The SMILES string of the molecule is CC(C)CN(CC(=O)Nc1cc(C(C)(C)C)nn1-c1ccc(Cl)cc1)C(=O)c1ccco1. The van der Waals surface area contributed by atoms with Crippen molar-refractivity contribution in [2.75, 3.05) is 18.4 Å². The summed E-state index contributed by atoms with van der Waals surface area (Å²) < 4.78 is 6.91. The van der Waals surface area contributed by atoms with Crippen molar-refractivity contribution in [1.29, 1.82) is 0 Å². The first kappa shape index (κ1) is 23.6. The van der Waals surface area contributed by atoms with Crippen molar-refractivity contribution in [3.05, 3.63) is 65.2 Å². The van der Waals surface area contributed by atoms with Crippen LogP contribution in [0, 0.1) is 5.92 Å². The molecule has 2 amide bonds. The Morgan fingerprint density at radius 2 is 1.88 bits per heavy atom. The van der Waals surface area contributed by atoms with E-state index in [0.29, 0.717) is 17.4 Å². The van der Waals surface area contributed by atoms with Gasteiger partial charge >= 0.3 is 0 Å². The molecule has 3 aromatic rings. The minimum Gasteiger partial charge on any atom is -0.459 e. The summed E-state index contributed by atoms with van der Waals surface area (Å²) in [6.07, 6.45) is 1.44. The Kier molecular flexibility index (Phi) is 7.09. The summed E-state index contributed by atoms with van der Waals surface area (Å²) in [5, 5.41) is 8.24. The van der Waals surface area contributed by atoms with Gasteiger partial charge in [-0.1, -0.05) is 46.2 Å². The van der Waals surface area contributed by atoms with E-state index in [1.807, 2.05) is 32.0 Å². The number of anilines is 1. The van der Waals surface area contributed by atoms with Gasteiger partial charge in [0.15, 0.2) is 5.76 Å². The highest BCUT2D eigenvalue weighted by atomic mass is 35.5. The third-order valence-electron chi connectivity index (χ3n) is 4.76. The molecule has 0 aliphatic rings. The first-order chi connectivity index (χ1) is 15.0. The number of nitrogens with zero attached hydrogens (tertiary/aromatic N) is 3. The lowest BCUT2D eigenvalue weighted by molar-refractivity contribution is -0.117. The Bertz CT molecular complexity index is 1060. The molecule has 1 aromatic carbocycles. The molecule has 0 atom stereocenters. The van der Waals surface area contributed by atoms with Crippen LogP contribution in [0.4, 0.5) is 5.82 Å². The molecule has 0 fully saturated rings. The molecular formula is C24H29ClN4O3. The number of benzene rings is 1. The molecule has 3 rings (SSSR count). The average molecular weight is 457 g/mol. The third-order valence-corrected chi connectivity index (χ3v) is 5.01. The van der Waals surface area contributed by atoms with Crippen LogP contribution >= 0.6 is 11.6 Å². The first-order valence-electron chi connectivity index (χ1n) is 10.5. The summed E-state index contributed by atoms with van der Waals surface area (Å²) in [5.41, 5.74) is 1.38. The van der Waals surface area contributed by atoms with E-state index in [-0.39, 0.29) is 35.5 Å². The second kappa shape index (κ2) is 9.61. The number of halogens is 1.